The maximum atomic E-state index is 14.5. The summed E-state index contributed by atoms with van der Waals surface area (Å²) < 4.78 is 0. The van der Waals surface area contributed by atoms with E-state index in [1.165, 1.54) is 0 Å². The number of benzene rings is 6. The first-order valence-electron chi connectivity index (χ1n) is 16.0. The molecule has 0 radical (unpaired) electrons. The zero-order valence-corrected chi connectivity index (χ0v) is 28.0. The van der Waals surface area contributed by atoms with Crippen LogP contribution in [0.2, 0.25) is 0 Å². The van der Waals surface area contributed by atoms with Crippen LogP contribution < -0.4 is 29.8 Å². The van der Waals surface area contributed by atoms with Gasteiger partial charge in [-0.3, -0.25) is 0 Å². The second-order valence-electron chi connectivity index (χ2n) is 13.6. The number of nitrogens with zero attached hydrogens (tertiary/aromatic N) is 4. The molecule has 0 bridgehead atoms. The van der Waals surface area contributed by atoms with Gasteiger partial charge in [0.15, 0.2) is 0 Å². The molecule has 0 saturated heterocycles. The molecule has 0 atom stereocenters. The molecule has 0 amide bonds. The summed E-state index contributed by atoms with van der Waals surface area (Å²) in [6, 6.07) is 29.4. The minimum Gasteiger partial charge on any atom is -0.851 e. The Labute approximate surface area is 271 Å². The van der Waals surface area contributed by atoms with Crippen LogP contribution in [0.4, 0.5) is 22.7 Å². The lowest BCUT2D eigenvalue weighted by molar-refractivity contribution is -0.535. The molecule has 6 aromatic rings. The third-order valence-corrected chi connectivity index (χ3v) is 10.0. The Kier molecular flexibility index (Phi) is 7.26. The van der Waals surface area contributed by atoms with E-state index in [4.69, 9.17) is 0 Å². The fourth-order valence-electron chi connectivity index (χ4n) is 7.95. The highest BCUT2D eigenvalue weighted by molar-refractivity contribution is 6.18. The Morgan fingerprint density at radius 2 is 0.804 bits per heavy atom. The molecule has 6 nitrogen and oxygen atoms in total. The lowest BCUT2D eigenvalue weighted by Gasteiger charge is -2.62. The van der Waals surface area contributed by atoms with Gasteiger partial charge in [0.25, 0.3) is 0 Å². The standard InChI is InChI=1S/C40H42N4O2/c1-41(2)31-19-17-27(29-21-23-13-9-11-15-25(23)37(33(29)31)43(5)6)35-39(45)36(40(35)46)28-18-20-32(42(3)4)34-30(28)22-24-14-10-12-16-26(24)38(34)44(7)8/h9-22,35-36,39-40H,1-8H3/q-2. The molecule has 0 unspecified atom stereocenters. The minimum atomic E-state index is -1.06. The predicted molar refractivity (Wildman–Crippen MR) is 193 cm³/mol. The van der Waals surface area contributed by atoms with Crippen molar-refractivity contribution in [2.24, 2.45) is 0 Å². The van der Waals surface area contributed by atoms with Crippen molar-refractivity contribution in [3.63, 3.8) is 0 Å². The third-order valence-electron chi connectivity index (χ3n) is 10.0. The van der Waals surface area contributed by atoms with Crippen LogP contribution in [-0.4, -0.2) is 68.6 Å². The first-order valence-corrected chi connectivity index (χ1v) is 16.0. The lowest BCUT2D eigenvalue weighted by atomic mass is 9.62. The maximum absolute atomic E-state index is 14.5. The van der Waals surface area contributed by atoms with Crippen molar-refractivity contribution in [2.75, 3.05) is 76.0 Å². The van der Waals surface area contributed by atoms with Gasteiger partial charge in [-0.2, -0.15) is 0 Å². The molecule has 1 aliphatic carbocycles. The van der Waals surface area contributed by atoms with E-state index in [1.807, 2.05) is 52.5 Å². The van der Waals surface area contributed by atoms with Crippen LogP contribution in [0, 0.1) is 0 Å². The van der Waals surface area contributed by atoms with Crippen molar-refractivity contribution in [1.82, 2.24) is 0 Å². The smallest absolute Gasteiger partial charge is 0.0541 e. The molecule has 0 aliphatic heterocycles. The van der Waals surface area contributed by atoms with Gasteiger partial charge in [-0.1, -0.05) is 60.7 Å². The fourth-order valence-corrected chi connectivity index (χ4v) is 7.95. The molecule has 0 aromatic heterocycles. The fraction of sp³-hybridized carbons (Fsp3) is 0.300. The Hall–Kier alpha value is -4.52. The van der Waals surface area contributed by atoms with E-state index in [0.29, 0.717) is 0 Å². The predicted octanol–water partition coefficient (Wildman–Crippen LogP) is 5.90. The van der Waals surface area contributed by atoms with Crippen molar-refractivity contribution in [1.29, 1.82) is 0 Å². The van der Waals surface area contributed by atoms with Crippen LogP contribution in [0.15, 0.2) is 84.9 Å². The molecule has 1 saturated carbocycles. The summed E-state index contributed by atoms with van der Waals surface area (Å²) in [6.07, 6.45) is -2.12. The third kappa shape index (κ3) is 4.38. The summed E-state index contributed by atoms with van der Waals surface area (Å²) in [7, 11) is 16.4. The van der Waals surface area contributed by atoms with Crippen molar-refractivity contribution in [2.45, 2.75) is 24.0 Å². The number of hydrogen-bond acceptors (Lipinski definition) is 6. The molecule has 236 valence electrons. The summed E-state index contributed by atoms with van der Waals surface area (Å²) in [6.45, 7) is 0. The van der Waals surface area contributed by atoms with Gasteiger partial charge in [0.2, 0.25) is 0 Å². The van der Waals surface area contributed by atoms with E-state index in [0.717, 1.165) is 77.0 Å². The van der Waals surface area contributed by atoms with Crippen LogP contribution in [0.1, 0.15) is 23.0 Å². The molecule has 7 rings (SSSR count). The molecule has 0 heterocycles. The van der Waals surface area contributed by atoms with Crippen LogP contribution in [0.3, 0.4) is 0 Å². The van der Waals surface area contributed by atoms with Crippen molar-refractivity contribution in [3.8, 4) is 0 Å². The second kappa shape index (κ2) is 11.1. The molecular weight excluding hydrogens is 568 g/mol. The van der Waals surface area contributed by atoms with Gasteiger partial charge in [0.05, 0.1) is 11.4 Å². The normalized spacial score (nSPS) is 19.5. The molecular formula is C40H42N4O2-2. The number of rotatable bonds is 6. The number of hydrogen-bond donors (Lipinski definition) is 0. The van der Waals surface area contributed by atoms with Crippen molar-refractivity contribution < 1.29 is 10.2 Å². The molecule has 0 N–H and O–H groups in total. The minimum absolute atomic E-state index is 0.641. The van der Waals surface area contributed by atoms with Crippen LogP contribution in [0.25, 0.3) is 43.1 Å². The van der Waals surface area contributed by atoms with E-state index < -0.39 is 24.0 Å². The summed E-state index contributed by atoms with van der Waals surface area (Å²) in [5, 5.41) is 37.7. The second-order valence-corrected chi connectivity index (χ2v) is 13.6. The van der Waals surface area contributed by atoms with Crippen molar-refractivity contribution >= 4 is 65.8 Å². The zero-order valence-electron chi connectivity index (χ0n) is 28.0. The maximum Gasteiger partial charge on any atom is 0.0541 e. The first kappa shape index (κ1) is 30.2. The number of anilines is 4. The van der Waals surface area contributed by atoms with Gasteiger partial charge in [-0.15, -0.1) is 12.2 Å². The van der Waals surface area contributed by atoms with Gasteiger partial charge in [-0.05, 0) is 68.8 Å². The zero-order chi connectivity index (χ0) is 32.6. The summed E-state index contributed by atoms with van der Waals surface area (Å²) in [5.41, 5.74) is 6.07. The summed E-state index contributed by atoms with van der Waals surface area (Å²) in [5.74, 6) is -1.28. The average molecular weight is 611 g/mol. The summed E-state index contributed by atoms with van der Waals surface area (Å²) in [4.78, 5) is 8.54. The van der Waals surface area contributed by atoms with Crippen LogP contribution >= 0.6 is 0 Å². The lowest BCUT2D eigenvalue weighted by Crippen LogP contribution is -2.63. The van der Waals surface area contributed by atoms with Crippen molar-refractivity contribution in [3.05, 3.63) is 96.1 Å². The van der Waals surface area contributed by atoms with E-state index in [-0.39, 0.29) is 0 Å². The molecule has 46 heavy (non-hydrogen) atoms. The van der Waals surface area contributed by atoms with Crippen LogP contribution in [-0.2, 0) is 0 Å². The Bertz CT molecular complexity index is 1970. The Morgan fingerprint density at radius 1 is 0.435 bits per heavy atom. The largest absolute Gasteiger partial charge is 0.851 e. The SMILES string of the molecule is CN(C)c1ccc(C2C([O-])C(c3ccc(N(C)C)c4c(N(C)C)c5ccccc5cc34)C2[O-])c2cc3ccccc3c(N(C)C)c12. The molecule has 6 aromatic carbocycles. The molecule has 1 fully saturated rings. The topological polar surface area (TPSA) is 59.1 Å². The monoisotopic (exact) mass is 610 g/mol. The molecule has 0 spiro atoms. The van der Waals surface area contributed by atoms with E-state index in [1.54, 1.807) is 0 Å². The molecule has 6 heteroatoms. The summed E-state index contributed by atoms with van der Waals surface area (Å²) >= 11 is 0. The highest BCUT2D eigenvalue weighted by Crippen LogP contribution is 2.53. The highest BCUT2D eigenvalue weighted by Gasteiger charge is 2.40. The Morgan fingerprint density at radius 3 is 1.15 bits per heavy atom. The molecule has 1 aliphatic rings. The van der Waals surface area contributed by atoms with E-state index in [2.05, 4.69) is 108 Å². The van der Waals surface area contributed by atoms with E-state index in [9.17, 15) is 10.2 Å². The van der Waals surface area contributed by atoms with Crippen LogP contribution in [0.5, 0.6) is 0 Å². The quantitative estimate of drug-likeness (QED) is 0.219. The van der Waals surface area contributed by atoms with E-state index >= 15 is 0 Å². The first-order chi connectivity index (χ1) is 22.0. The van der Waals surface area contributed by atoms with Gasteiger partial charge < -0.3 is 29.8 Å². The average Bonchev–Trinajstić information content (AvgIpc) is 3.02. The van der Waals surface area contributed by atoms with Gasteiger partial charge >= 0.3 is 0 Å². The highest BCUT2D eigenvalue weighted by atomic mass is 16.3. The number of fused-ring (bicyclic) bond motifs is 4. The Balaban J connectivity index is 1.43. The van der Waals surface area contributed by atoms with Gasteiger partial charge in [0, 0.05) is 89.3 Å². The van der Waals surface area contributed by atoms with Gasteiger partial charge in [0.1, 0.15) is 0 Å². The van der Waals surface area contributed by atoms with Gasteiger partial charge in [-0.25, -0.2) is 0 Å².